The molecule has 0 saturated heterocycles. The van der Waals surface area contributed by atoms with Crippen LogP contribution in [0.25, 0.3) is 61.2 Å². The van der Waals surface area contributed by atoms with Gasteiger partial charge in [-0.15, -0.1) is 11.8 Å². The van der Waals surface area contributed by atoms with E-state index < -0.39 is 0 Å². The summed E-state index contributed by atoms with van der Waals surface area (Å²) in [7, 11) is 0. The zero-order valence-electron chi connectivity index (χ0n) is 28.4. The van der Waals surface area contributed by atoms with Crippen LogP contribution < -0.4 is 15.7 Å². The molecule has 0 atom stereocenters. The van der Waals surface area contributed by atoms with Gasteiger partial charge in [0.1, 0.15) is 0 Å². The zero-order valence-corrected chi connectivity index (χ0v) is 29.2. The van der Waals surface area contributed by atoms with E-state index in [9.17, 15) is 0 Å². The van der Waals surface area contributed by atoms with Crippen molar-refractivity contribution in [2.45, 2.75) is 6.92 Å². The van der Waals surface area contributed by atoms with Crippen LogP contribution in [0.5, 0.6) is 0 Å². The Balaban J connectivity index is 1.17. The number of rotatable bonds is 4. The fourth-order valence-corrected chi connectivity index (χ4v) is 9.09. The largest absolute Gasteiger partial charge is 0.376 e. The quantitative estimate of drug-likeness (QED) is 0.172. The second-order valence-corrected chi connectivity index (χ2v) is 14.6. The summed E-state index contributed by atoms with van der Waals surface area (Å²) in [5.41, 5.74) is 21.8. The Morgan fingerprint density at radius 2 is 0.961 bits per heavy atom. The Labute approximate surface area is 304 Å². The summed E-state index contributed by atoms with van der Waals surface area (Å²) in [6.45, 7) is 2.22. The highest BCUT2D eigenvalue weighted by Gasteiger charge is 2.42. The van der Waals surface area contributed by atoms with Crippen LogP contribution in [0.15, 0.2) is 181 Å². The normalized spacial score (nSPS) is 14.0. The van der Waals surface area contributed by atoms with Gasteiger partial charge < -0.3 is 4.81 Å². The number of hydrogen-bond acceptors (Lipinski definition) is 2. The third kappa shape index (κ3) is 5.11. The van der Waals surface area contributed by atoms with Gasteiger partial charge in [-0.25, -0.2) is 0 Å². The van der Waals surface area contributed by atoms with Crippen LogP contribution in [0.2, 0.25) is 0 Å². The molecule has 3 heterocycles. The first-order valence-corrected chi connectivity index (χ1v) is 18.8. The molecule has 1 nitrogen and oxygen atoms in total. The molecule has 0 aromatic heterocycles. The van der Waals surface area contributed by atoms with Gasteiger partial charge in [-0.2, -0.15) is 0 Å². The highest BCUT2D eigenvalue weighted by atomic mass is 32.2. The number of fused-ring (bicyclic) bond motifs is 11. The van der Waals surface area contributed by atoms with Gasteiger partial charge in [0, 0.05) is 28.3 Å². The number of hydrogen-bond donors (Lipinski definition) is 0. The predicted octanol–water partition coefficient (Wildman–Crippen LogP) is 11.6. The maximum atomic E-state index is 2.61. The van der Waals surface area contributed by atoms with Crippen molar-refractivity contribution in [2.75, 3.05) is 10.6 Å². The van der Waals surface area contributed by atoms with E-state index in [1.807, 2.05) is 11.8 Å². The van der Waals surface area contributed by atoms with Gasteiger partial charge in [-0.1, -0.05) is 146 Å². The molecule has 0 saturated carbocycles. The fourth-order valence-electron chi connectivity index (χ4n) is 8.25. The lowest BCUT2D eigenvalue weighted by molar-refractivity contribution is 1.35. The van der Waals surface area contributed by atoms with Crippen LogP contribution in [0.1, 0.15) is 12.5 Å². The first kappa shape index (κ1) is 30.1. The summed E-state index contributed by atoms with van der Waals surface area (Å²) in [4.78, 5) is 2.61. The molecule has 7 aromatic carbocycles. The standard InChI is InChI=1S/C48H34BNS/c1-32-26-40(31-51-30-32)36-18-16-35(17-19-36)39-20-23-42-44-28-38(34-12-6-3-7-13-34)22-25-48(44)50-47-24-21-37(33-10-4-2-5-11-33)27-43(47)41-14-8-9-15-45(41)49(50)46(42)29-39/h2-30H,31H2,1H3. The van der Waals surface area contributed by atoms with Gasteiger partial charge in [0.05, 0.1) is 0 Å². The molecule has 0 aliphatic carbocycles. The van der Waals surface area contributed by atoms with Crippen molar-refractivity contribution in [3.8, 4) is 55.6 Å². The van der Waals surface area contributed by atoms with Gasteiger partial charge in [0.25, 0.3) is 0 Å². The Hall–Kier alpha value is -5.77. The predicted molar refractivity (Wildman–Crippen MR) is 221 cm³/mol. The monoisotopic (exact) mass is 667 g/mol. The van der Waals surface area contributed by atoms with Crippen molar-refractivity contribution < 1.29 is 0 Å². The summed E-state index contributed by atoms with van der Waals surface area (Å²) in [6.07, 6.45) is 2.32. The van der Waals surface area contributed by atoms with Gasteiger partial charge in [0.2, 0.25) is 0 Å². The molecule has 0 fully saturated rings. The third-order valence-electron chi connectivity index (χ3n) is 10.7. The highest BCUT2D eigenvalue weighted by Crippen LogP contribution is 2.48. The third-order valence-corrected chi connectivity index (χ3v) is 11.7. The zero-order chi connectivity index (χ0) is 33.9. The topological polar surface area (TPSA) is 3.24 Å². The van der Waals surface area contributed by atoms with Crippen molar-refractivity contribution in [1.82, 2.24) is 0 Å². The Kier molecular flexibility index (Phi) is 7.21. The molecule has 0 amide bonds. The van der Waals surface area contributed by atoms with Crippen LogP contribution in [0, 0.1) is 0 Å². The van der Waals surface area contributed by atoms with Crippen molar-refractivity contribution in [1.29, 1.82) is 0 Å². The van der Waals surface area contributed by atoms with E-state index in [2.05, 4.69) is 187 Å². The average molecular weight is 668 g/mol. The number of nitrogens with zero attached hydrogens (tertiary/aromatic N) is 1. The van der Waals surface area contributed by atoms with Gasteiger partial charge in [-0.3, -0.25) is 0 Å². The van der Waals surface area contributed by atoms with Crippen molar-refractivity contribution >= 4 is 46.5 Å². The van der Waals surface area contributed by atoms with Gasteiger partial charge in [0.15, 0.2) is 0 Å². The lowest BCUT2D eigenvalue weighted by Gasteiger charge is -2.43. The molecule has 0 bridgehead atoms. The minimum absolute atomic E-state index is 0.0414. The maximum Gasteiger partial charge on any atom is 0.329 e. The van der Waals surface area contributed by atoms with Crippen molar-refractivity contribution in [2.24, 2.45) is 0 Å². The van der Waals surface area contributed by atoms with E-state index in [-0.39, 0.29) is 6.85 Å². The van der Waals surface area contributed by atoms with Gasteiger partial charge >= 0.3 is 6.85 Å². The summed E-state index contributed by atoms with van der Waals surface area (Å²) in [5, 5.41) is 2.25. The molecule has 3 aliphatic rings. The second-order valence-electron chi connectivity index (χ2n) is 13.8. The van der Waals surface area contributed by atoms with Crippen LogP contribution in [0.4, 0.5) is 11.4 Å². The Morgan fingerprint density at radius 3 is 1.61 bits per heavy atom. The summed E-state index contributed by atoms with van der Waals surface area (Å²) in [6, 6.07) is 60.9. The first-order valence-electron chi connectivity index (χ1n) is 17.7. The maximum absolute atomic E-state index is 2.61. The summed E-state index contributed by atoms with van der Waals surface area (Å²) in [5.74, 6) is 1.02. The van der Waals surface area contributed by atoms with E-state index in [1.165, 1.54) is 94.6 Å². The van der Waals surface area contributed by atoms with E-state index in [0.29, 0.717) is 0 Å². The summed E-state index contributed by atoms with van der Waals surface area (Å²) >= 11 is 1.88. The molecule has 0 radical (unpaired) electrons. The van der Waals surface area contributed by atoms with Crippen LogP contribution in [0.3, 0.4) is 0 Å². The molecule has 0 N–H and O–H groups in total. The Morgan fingerprint density at radius 1 is 0.451 bits per heavy atom. The Bertz CT molecular complexity index is 2530. The van der Waals surface area contributed by atoms with E-state index in [0.717, 1.165) is 5.75 Å². The molecule has 0 unspecified atom stereocenters. The second kappa shape index (κ2) is 12.2. The highest BCUT2D eigenvalue weighted by molar-refractivity contribution is 8.02. The molecule has 51 heavy (non-hydrogen) atoms. The van der Waals surface area contributed by atoms with E-state index in [1.54, 1.807) is 0 Å². The van der Waals surface area contributed by atoms with Crippen molar-refractivity contribution in [3.05, 3.63) is 186 Å². The van der Waals surface area contributed by atoms with Crippen LogP contribution >= 0.6 is 11.8 Å². The number of thioether (sulfide) groups is 1. The van der Waals surface area contributed by atoms with E-state index >= 15 is 0 Å². The molecule has 7 aromatic rings. The SMILES string of the molecule is CC1=CSCC(c2ccc(-c3ccc4c(c3)B3c5ccccc5-c5cc(-c6ccccc6)ccc5N3c3ccc(-c5ccccc5)cc3-4)cc2)=C1. The van der Waals surface area contributed by atoms with Crippen LogP contribution in [-0.4, -0.2) is 12.6 Å². The lowest BCUT2D eigenvalue weighted by atomic mass is 9.43. The molecule has 3 heteroatoms. The molecular formula is C48H34BNS. The number of benzene rings is 7. The molecule has 3 aliphatic heterocycles. The van der Waals surface area contributed by atoms with Gasteiger partial charge in [-0.05, 0) is 109 Å². The average Bonchev–Trinajstić information content (AvgIpc) is 3.21. The first-order chi connectivity index (χ1) is 25.2. The molecular weight excluding hydrogens is 633 g/mol. The van der Waals surface area contributed by atoms with Crippen LogP contribution in [-0.2, 0) is 0 Å². The molecule has 0 spiro atoms. The summed E-state index contributed by atoms with van der Waals surface area (Å²) < 4.78 is 0. The fraction of sp³-hybridized carbons (Fsp3) is 0.0417. The molecule has 240 valence electrons. The number of anilines is 2. The minimum Gasteiger partial charge on any atom is -0.376 e. The lowest BCUT2D eigenvalue weighted by Crippen LogP contribution is -2.59. The van der Waals surface area contributed by atoms with Crippen molar-refractivity contribution in [3.63, 3.8) is 0 Å². The van der Waals surface area contributed by atoms with E-state index in [4.69, 9.17) is 0 Å². The smallest absolute Gasteiger partial charge is 0.329 e. The minimum atomic E-state index is 0.0414. The number of allylic oxidation sites excluding steroid dienone is 2. The molecule has 10 rings (SSSR count).